The fourth-order valence-corrected chi connectivity index (χ4v) is 4.40. The molecule has 0 heterocycles. The molecular weight excluding hydrogens is 290 g/mol. The van der Waals surface area contributed by atoms with Gasteiger partial charge in [0, 0.05) is 6.04 Å². The Balaban J connectivity index is 1.90. The molecule has 0 aromatic heterocycles. The summed E-state index contributed by atoms with van der Waals surface area (Å²) in [5, 5.41) is 9.03. The van der Waals surface area contributed by atoms with Gasteiger partial charge in [0.05, 0.1) is 10.5 Å². The Morgan fingerprint density at radius 2 is 1.81 bits per heavy atom. The molecule has 2 aliphatic carbocycles. The number of carboxylic acid groups (broad SMARTS) is 1. The van der Waals surface area contributed by atoms with Gasteiger partial charge in [0.25, 0.3) is 0 Å². The van der Waals surface area contributed by atoms with Crippen LogP contribution in [-0.2, 0) is 10.0 Å². The molecule has 0 saturated heterocycles. The van der Waals surface area contributed by atoms with Gasteiger partial charge in [-0.1, -0.05) is 6.07 Å². The summed E-state index contributed by atoms with van der Waals surface area (Å²) in [4.78, 5) is 11.1. The smallest absolute Gasteiger partial charge is 0.335 e. The maximum atomic E-state index is 12.6. The van der Waals surface area contributed by atoms with Gasteiger partial charge >= 0.3 is 5.97 Å². The molecule has 3 rings (SSSR count). The fourth-order valence-electron chi connectivity index (χ4n) is 2.75. The third kappa shape index (κ3) is 3.11. The minimum atomic E-state index is -3.67. The maximum Gasteiger partial charge on any atom is 0.335 e. The molecule has 21 heavy (non-hydrogen) atoms. The van der Waals surface area contributed by atoms with Crippen molar-refractivity contribution in [2.75, 3.05) is 0 Å². The number of carboxylic acids is 1. The van der Waals surface area contributed by atoms with E-state index in [9.17, 15) is 13.2 Å². The van der Waals surface area contributed by atoms with Crippen molar-refractivity contribution in [2.24, 2.45) is 11.8 Å². The van der Waals surface area contributed by atoms with Crippen LogP contribution >= 0.6 is 0 Å². The van der Waals surface area contributed by atoms with Crippen molar-refractivity contribution in [1.29, 1.82) is 0 Å². The van der Waals surface area contributed by atoms with E-state index in [0.29, 0.717) is 17.4 Å². The zero-order chi connectivity index (χ0) is 15.2. The molecule has 1 aromatic rings. The zero-order valence-electron chi connectivity index (χ0n) is 11.9. The Morgan fingerprint density at radius 3 is 2.29 bits per heavy atom. The molecule has 5 nitrogen and oxygen atoms in total. The molecule has 0 amide bonds. The molecule has 0 atom stereocenters. The molecule has 0 aliphatic heterocycles. The summed E-state index contributed by atoms with van der Waals surface area (Å²) in [6.07, 6.45) is 4.32. The normalized spacial score (nSPS) is 19.0. The molecule has 2 aliphatic rings. The van der Waals surface area contributed by atoms with Crippen LogP contribution in [0.4, 0.5) is 0 Å². The van der Waals surface area contributed by atoms with E-state index in [-0.39, 0.29) is 16.5 Å². The molecule has 0 radical (unpaired) electrons. The van der Waals surface area contributed by atoms with Crippen molar-refractivity contribution in [1.82, 2.24) is 4.72 Å². The van der Waals surface area contributed by atoms with E-state index >= 15 is 0 Å². The summed E-state index contributed by atoms with van der Waals surface area (Å²) in [6.45, 7) is 1.68. The summed E-state index contributed by atoms with van der Waals surface area (Å²) < 4.78 is 28.0. The minimum absolute atomic E-state index is 0.00429. The SMILES string of the molecule is Cc1ccc(C(=O)O)cc1S(=O)(=O)NC(C1CC1)C1CC1. The molecule has 0 unspecified atom stereocenters. The Hall–Kier alpha value is -1.40. The van der Waals surface area contributed by atoms with Gasteiger partial charge in [-0.3, -0.25) is 0 Å². The van der Waals surface area contributed by atoms with Crippen molar-refractivity contribution < 1.29 is 18.3 Å². The van der Waals surface area contributed by atoms with E-state index in [2.05, 4.69) is 4.72 Å². The number of hydrogen-bond acceptors (Lipinski definition) is 3. The number of hydrogen-bond donors (Lipinski definition) is 2. The highest BCUT2D eigenvalue weighted by Gasteiger charge is 2.43. The van der Waals surface area contributed by atoms with E-state index < -0.39 is 16.0 Å². The van der Waals surface area contributed by atoms with Crippen LogP contribution in [0.3, 0.4) is 0 Å². The Labute approximate surface area is 124 Å². The highest BCUT2D eigenvalue weighted by Crippen LogP contribution is 2.45. The second-order valence-electron chi connectivity index (χ2n) is 6.11. The minimum Gasteiger partial charge on any atom is -0.478 e. The van der Waals surface area contributed by atoms with Crippen LogP contribution in [-0.4, -0.2) is 25.5 Å². The van der Waals surface area contributed by atoms with Gasteiger partial charge in [0.1, 0.15) is 0 Å². The van der Waals surface area contributed by atoms with Crippen LogP contribution in [0.2, 0.25) is 0 Å². The predicted molar refractivity (Wildman–Crippen MR) is 77.7 cm³/mol. The lowest BCUT2D eigenvalue weighted by Crippen LogP contribution is -2.38. The monoisotopic (exact) mass is 309 g/mol. The Bertz CT molecular complexity index is 663. The first kappa shape index (κ1) is 14.5. The molecule has 114 valence electrons. The summed E-state index contributed by atoms with van der Waals surface area (Å²) in [7, 11) is -3.67. The summed E-state index contributed by atoms with van der Waals surface area (Å²) >= 11 is 0. The second-order valence-corrected chi connectivity index (χ2v) is 7.79. The van der Waals surface area contributed by atoms with E-state index in [1.54, 1.807) is 13.0 Å². The van der Waals surface area contributed by atoms with Crippen LogP contribution < -0.4 is 4.72 Å². The van der Waals surface area contributed by atoms with Crippen molar-refractivity contribution in [3.05, 3.63) is 29.3 Å². The van der Waals surface area contributed by atoms with Gasteiger partial charge in [-0.05, 0) is 62.1 Å². The first-order valence-corrected chi connectivity index (χ1v) is 8.73. The topological polar surface area (TPSA) is 83.5 Å². The lowest BCUT2D eigenvalue weighted by molar-refractivity contribution is 0.0696. The molecule has 6 heteroatoms. The first-order chi connectivity index (χ1) is 9.88. The number of rotatable bonds is 6. The molecule has 2 saturated carbocycles. The third-order valence-electron chi connectivity index (χ3n) is 4.28. The van der Waals surface area contributed by atoms with E-state index in [1.165, 1.54) is 12.1 Å². The quantitative estimate of drug-likeness (QED) is 0.843. The molecule has 0 bridgehead atoms. The van der Waals surface area contributed by atoms with E-state index in [1.807, 2.05) is 0 Å². The Morgan fingerprint density at radius 1 is 1.24 bits per heavy atom. The number of sulfonamides is 1. The molecule has 1 aromatic carbocycles. The van der Waals surface area contributed by atoms with Crippen molar-refractivity contribution in [3.8, 4) is 0 Å². The molecule has 2 N–H and O–H groups in total. The first-order valence-electron chi connectivity index (χ1n) is 7.25. The van der Waals surface area contributed by atoms with Crippen LogP contribution in [0.5, 0.6) is 0 Å². The van der Waals surface area contributed by atoms with Gasteiger partial charge < -0.3 is 5.11 Å². The number of aromatic carboxylic acids is 1. The molecular formula is C15H19NO4S. The summed E-state index contributed by atoms with van der Waals surface area (Å²) in [5.41, 5.74) is 0.563. The van der Waals surface area contributed by atoms with E-state index in [0.717, 1.165) is 25.7 Å². The van der Waals surface area contributed by atoms with Crippen molar-refractivity contribution in [3.63, 3.8) is 0 Å². The predicted octanol–water partition coefficient (Wildman–Crippen LogP) is 2.16. The summed E-state index contributed by atoms with van der Waals surface area (Å²) in [6, 6.07) is 4.23. The van der Waals surface area contributed by atoms with Gasteiger partial charge in [-0.25, -0.2) is 17.9 Å². The zero-order valence-corrected chi connectivity index (χ0v) is 12.7. The summed E-state index contributed by atoms with van der Waals surface area (Å²) in [5.74, 6) is -0.210. The number of carbonyl (C=O) groups is 1. The second kappa shape index (κ2) is 5.10. The number of nitrogens with one attached hydrogen (secondary N) is 1. The average Bonchev–Trinajstić information content (AvgIpc) is 3.28. The van der Waals surface area contributed by atoms with Crippen molar-refractivity contribution in [2.45, 2.75) is 43.5 Å². The highest BCUT2D eigenvalue weighted by atomic mass is 32.2. The standard InChI is InChI=1S/C15H19NO4S/c1-9-2-3-12(15(17)18)8-13(9)21(19,20)16-14(10-4-5-10)11-6-7-11/h2-3,8,10-11,14,16H,4-7H2,1H3,(H,17,18). The van der Waals surface area contributed by atoms with Gasteiger partial charge in [0.2, 0.25) is 10.0 Å². The van der Waals surface area contributed by atoms with Gasteiger partial charge in [-0.2, -0.15) is 0 Å². The largest absolute Gasteiger partial charge is 0.478 e. The van der Waals surface area contributed by atoms with Crippen molar-refractivity contribution >= 4 is 16.0 Å². The number of benzene rings is 1. The third-order valence-corrected chi connectivity index (χ3v) is 5.88. The lowest BCUT2D eigenvalue weighted by atomic mass is 10.1. The van der Waals surface area contributed by atoms with Crippen LogP contribution in [0.25, 0.3) is 0 Å². The highest BCUT2D eigenvalue weighted by molar-refractivity contribution is 7.89. The fraction of sp³-hybridized carbons (Fsp3) is 0.533. The van der Waals surface area contributed by atoms with Crippen LogP contribution in [0, 0.1) is 18.8 Å². The van der Waals surface area contributed by atoms with E-state index in [4.69, 9.17) is 5.11 Å². The van der Waals surface area contributed by atoms with Crippen LogP contribution in [0.1, 0.15) is 41.6 Å². The molecule has 0 spiro atoms. The maximum absolute atomic E-state index is 12.6. The Kier molecular flexibility index (Phi) is 3.53. The number of aryl methyl sites for hydroxylation is 1. The van der Waals surface area contributed by atoms with Crippen LogP contribution in [0.15, 0.2) is 23.1 Å². The lowest BCUT2D eigenvalue weighted by Gasteiger charge is -2.18. The average molecular weight is 309 g/mol. The molecule has 2 fully saturated rings. The van der Waals surface area contributed by atoms with Gasteiger partial charge in [-0.15, -0.1) is 0 Å². The van der Waals surface area contributed by atoms with Gasteiger partial charge in [0.15, 0.2) is 0 Å².